The van der Waals surface area contributed by atoms with Crippen molar-refractivity contribution in [3.8, 4) is 0 Å². The maximum atomic E-state index is 12.7. The number of carbonyl (C=O) groups excluding carboxylic acids is 1. The van der Waals surface area contributed by atoms with Gasteiger partial charge in [0.2, 0.25) is 5.91 Å². The number of amides is 1. The summed E-state index contributed by atoms with van der Waals surface area (Å²) < 4.78 is 0. The number of benzene rings is 1. The molecule has 1 heterocycles. The number of likely N-dealkylation sites (N-methyl/N-ethyl adjacent to an activating group) is 1. The molecule has 0 aliphatic heterocycles. The number of H-pyrrole nitrogens is 1. The number of nitrogens with one attached hydrogen (secondary N) is 1. The second kappa shape index (κ2) is 5.68. The summed E-state index contributed by atoms with van der Waals surface area (Å²) in [5, 5.41) is 6.91. The lowest BCUT2D eigenvalue weighted by molar-refractivity contribution is -0.132. The molecular weight excluding hydrogens is 264 g/mol. The molecule has 110 valence electrons. The van der Waals surface area contributed by atoms with Crippen LogP contribution in [0.25, 0.3) is 0 Å². The molecule has 1 aromatic heterocycles. The molecule has 1 amide bonds. The topological polar surface area (TPSA) is 61.9 Å². The smallest absolute Gasteiger partial charge is 0.230 e. The molecule has 21 heavy (non-hydrogen) atoms. The average molecular weight is 284 g/mol. The Kier molecular flexibility index (Phi) is 3.73. The van der Waals surface area contributed by atoms with E-state index in [0.717, 1.165) is 25.1 Å². The van der Waals surface area contributed by atoms with Crippen molar-refractivity contribution in [1.82, 2.24) is 20.1 Å². The zero-order valence-electron chi connectivity index (χ0n) is 12.5. The van der Waals surface area contributed by atoms with E-state index in [2.05, 4.69) is 27.3 Å². The van der Waals surface area contributed by atoms with Crippen LogP contribution in [-0.4, -0.2) is 33.0 Å². The zero-order chi connectivity index (χ0) is 14.8. The summed E-state index contributed by atoms with van der Waals surface area (Å²) >= 11 is 0. The van der Waals surface area contributed by atoms with Crippen molar-refractivity contribution in [2.45, 2.75) is 38.6 Å². The van der Waals surface area contributed by atoms with Crippen molar-refractivity contribution < 1.29 is 4.79 Å². The van der Waals surface area contributed by atoms with Crippen LogP contribution in [-0.2, 0) is 17.8 Å². The standard InChI is InChI=1S/C16H20N4O/c1-11-17-15(19-18-11)10-20(2)16(21)14-9-5-7-12-6-3-4-8-13(12)14/h3-4,6,8,14H,5,7,9-10H2,1-2H3,(H,17,18,19). The van der Waals surface area contributed by atoms with Gasteiger partial charge in [-0.1, -0.05) is 24.3 Å². The second-order valence-corrected chi connectivity index (χ2v) is 5.67. The van der Waals surface area contributed by atoms with Gasteiger partial charge in [-0.25, -0.2) is 4.98 Å². The number of aryl methyl sites for hydroxylation is 2. The molecule has 0 radical (unpaired) electrons. The Bertz CT molecular complexity index is 649. The Balaban J connectivity index is 1.76. The summed E-state index contributed by atoms with van der Waals surface area (Å²) in [6.07, 6.45) is 3.07. The lowest BCUT2D eigenvalue weighted by atomic mass is 9.82. The maximum absolute atomic E-state index is 12.7. The van der Waals surface area contributed by atoms with E-state index < -0.39 is 0 Å². The third-order valence-electron chi connectivity index (χ3n) is 4.07. The molecule has 3 rings (SSSR count). The number of hydrogen-bond acceptors (Lipinski definition) is 3. The van der Waals surface area contributed by atoms with Crippen LogP contribution in [0.3, 0.4) is 0 Å². The Labute approximate surface area is 124 Å². The number of aromatic nitrogens is 3. The van der Waals surface area contributed by atoms with Crippen molar-refractivity contribution in [3.63, 3.8) is 0 Å². The van der Waals surface area contributed by atoms with E-state index in [1.54, 1.807) is 4.90 Å². The molecule has 1 aliphatic carbocycles. The molecule has 5 nitrogen and oxygen atoms in total. The van der Waals surface area contributed by atoms with E-state index in [4.69, 9.17) is 0 Å². The van der Waals surface area contributed by atoms with Crippen LogP contribution in [0.2, 0.25) is 0 Å². The molecule has 0 spiro atoms. The summed E-state index contributed by atoms with van der Waals surface area (Å²) in [6.45, 7) is 2.30. The highest BCUT2D eigenvalue weighted by Gasteiger charge is 2.28. The molecular formula is C16H20N4O. The number of hydrogen-bond donors (Lipinski definition) is 1. The fourth-order valence-electron chi connectivity index (χ4n) is 3.03. The van der Waals surface area contributed by atoms with Gasteiger partial charge >= 0.3 is 0 Å². The monoisotopic (exact) mass is 284 g/mol. The molecule has 0 saturated heterocycles. The van der Waals surface area contributed by atoms with Gasteiger partial charge in [-0.15, -0.1) is 0 Å². The van der Waals surface area contributed by atoms with Crippen molar-refractivity contribution in [3.05, 3.63) is 47.0 Å². The Hall–Kier alpha value is -2.17. The first kappa shape index (κ1) is 13.8. The number of carbonyl (C=O) groups is 1. The molecule has 1 atom stereocenters. The summed E-state index contributed by atoms with van der Waals surface area (Å²) in [5.41, 5.74) is 2.50. The van der Waals surface area contributed by atoms with Gasteiger partial charge in [-0.3, -0.25) is 9.89 Å². The van der Waals surface area contributed by atoms with Crippen molar-refractivity contribution in [1.29, 1.82) is 0 Å². The molecule has 1 unspecified atom stereocenters. The van der Waals surface area contributed by atoms with E-state index in [1.807, 2.05) is 26.1 Å². The van der Waals surface area contributed by atoms with Crippen molar-refractivity contribution >= 4 is 5.91 Å². The lowest BCUT2D eigenvalue weighted by Gasteiger charge is -2.28. The van der Waals surface area contributed by atoms with E-state index in [9.17, 15) is 4.79 Å². The average Bonchev–Trinajstić information content (AvgIpc) is 2.91. The summed E-state index contributed by atoms with van der Waals surface area (Å²) in [6, 6.07) is 8.28. The van der Waals surface area contributed by atoms with Crippen LogP contribution >= 0.6 is 0 Å². The maximum Gasteiger partial charge on any atom is 0.230 e. The number of nitrogens with zero attached hydrogens (tertiary/aromatic N) is 3. The SMILES string of the molecule is Cc1nc(CN(C)C(=O)C2CCCc3ccccc32)n[nH]1. The van der Waals surface area contributed by atoms with Gasteiger partial charge < -0.3 is 4.90 Å². The van der Waals surface area contributed by atoms with Gasteiger partial charge in [0.05, 0.1) is 12.5 Å². The van der Waals surface area contributed by atoms with Gasteiger partial charge in [0, 0.05) is 7.05 Å². The Morgan fingerprint density at radius 3 is 3.00 bits per heavy atom. The van der Waals surface area contributed by atoms with Gasteiger partial charge in [0.15, 0.2) is 5.82 Å². The number of aromatic amines is 1. The molecule has 0 bridgehead atoms. The first-order chi connectivity index (χ1) is 10.1. The van der Waals surface area contributed by atoms with Crippen LogP contribution in [0.4, 0.5) is 0 Å². The minimum Gasteiger partial charge on any atom is -0.338 e. The summed E-state index contributed by atoms with van der Waals surface area (Å²) in [5.74, 6) is 1.56. The first-order valence-electron chi connectivity index (χ1n) is 7.36. The molecule has 1 aromatic carbocycles. The number of rotatable bonds is 3. The normalized spacial score (nSPS) is 17.3. The third-order valence-corrected chi connectivity index (χ3v) is 4.07. The third kappa shape index (κ3) is 2.82. The van der Waals surface area contributed by atoms with Crippen LogP contribution in [0.1, 0.15) is 41.5 Å². The van der Waals surface area contributed by atoms with Crippen LogP contribution in [0.5, 0.6) is 0 Å². The van der Waals surface area contributed by atoms with E-state index >= 15 is 0 Å². The molecule has 0 saturated carbocycles. The Morgan fingerprint density at radius 1 is 1.43 bits per heavy atom. The largest absolute Gasteiger partial charge is 0.338 e. The zero-order valence-corrected chi connectivity index (χ0v) is 12.5. The van der Waals surface area contributed by atoms with Crippen molar-refractivity contribution in [2.75, 3.05) is 7.05 Å². The molecule has 2 aromatic rings. The van der Waals surface area contributed by atoms with Gasteiger partial charge in [-0.05, 0) is 37.3 Å². The van der Waals surface area contributed by atoms with Gasteiger partial charge in [0.25, 0.3) is 0 Å². The second-order valence-electron chi connectivity index (χ2n) is 5.67. The predicted octanol–water partition coefficient (Wildman–Crippen LogP) is 2.19. The van der Waals surface area contributed by atoms with Crippen LogP contribution in [0, 0.1) is 6.92 Å². The molecule has 0 fully saturated rings. The van der Waals surface area contributed by atoms with E-state index in [0.29, 0.717) is 12.4 Å². The minimum absolute atomic E-state index is 0.0278. The predicted molar refractivity (Wildman–Crippen MR) is 79.7 cm³/mol. The number of fused-ring (bicyclic) bond motifs is 1. The molecule has 1 N–H and O–H groups in total. The lowest BCUT2D eigenvalue weighted by Crippen LogP contribution is -2.33. The highest BCUT2D eigenvalue weighted by molar-refractivity contribution is 5.84. The van der Waals surface area contributed by atoms with Gasteiger partial charge in [0.1, 0.15) is 5.82 Å². The first-order valence-corrected chi connectivity index (χ1v) is 7.36. The highest BCUT2D eigenvalue weighted by Crippen LogP contribution is 2.32. The van der Waals surface area contributed by atoms with Crippen LogP contribution in [0.15, 0.2) is 24.3 Å². The molecule has 1 aliphatic rings. The van der Waals surface area contributed by atoms with E-state index in [-0.39, 0.29) is 11.8 Å². The van der Waals surface area contributed by atoms with Gasteiger partial charge in [-0.2, -0.15) is 5.10 Å². The summed E-state index contributed by atoms with van der Waals surface area (Å²) in [7, 11) is 1.82. The summed E-state index contributed by atoms with van der Waals surface area (Å²) in [4.78, 5) is 18.7. The quantitative estimate of drug-likeness (QED) is 0.939. The Morgan fingerprint density at radius 2 is 2.24 bits per heavy atom. The fraction of sp³-hybridized carbons (Fsp3) is 0.438. The van der Waals surface area contributed by atoms with Crippen molar-refractivity contribution in [2.24, 2.45) is 0 Å². The molecule has 5 heteroatoms. The highest BCUT2D eigenvalue weighted by atomic mass is 16.2. The fourth-order valence-corrected chi connectivity index (χ4v) is 3.03. The minimum atomic E-state index is -0.0278. The van der Waals surface area contributed by atoms with E-state index in [1.165, 1.54) is 11.1 Å². The van der Waals surface area contributed by atoms with Crippen LogP contribution < -0.4 is 0 Å².